The normalized spacial score (nSPS) is 14.8. The first kappa shape index (κ1) is 13.9. The molecule has 7 heteroatoms. The Balaban J connectivity index is 2.10. The third-order valence-corrected chi connectivity index (χ3v) is 6.93. The van der Waals surface area contributed by atoms with Crippen LogP contribution in [0.3, 0.4) is 0 Å². The van der Waals surface area contributed by atoms with E-state index >= 15 is 0 Å². The van der Waals surface area contributed by atoms with Gasteiger partial charge in [-0.05, 0) is 52.7 Å². The van der Waals surface area contributed by atoms with Crippen molar-refractivity contribution in [1.82, 2.24) is 0 Å². The van der Waals surface area contributed by atoms with E-state index < -0.39 is 10.0 Å². The minimum atomic E-state index is -3.53. The van der Waals surface area contributed by atoms with Crippen LogP contribution in [0, 0.1) is 6.92 Å². The molecule has 4 nitrogen and oxygen atoms in total. The highest BCUT2D eigenvalue weighted by atomic mass is 79.9. The lowest BCUT2D eigenvalue weighted by molar-refractivity contribution is 0.316. The van der Waals surface area contributed by atoms with Gasteiger partial charge in [-0.25, -0.2) is 8.42 Å². The fraction of sp³-hybridized carbons (Fsp3) is 0.231. The van der Waals surface area contributed by atoms with Crippen molar-refractivity contribution in [2.24, 2.45) is 0 Å². The van der Waals surface area contributed by atoms with E-state index in [-0.39, 0.29) is 0 Å². The Labute approximate surface area is 130 Å². The van der Waals surface area contributed by atoms with Crippen LogP contribution in [-0.4, -0.2) is 21.6 Å². The van der Waals surface area contributed by atoms with E-state index in [1.165, 1.54) is 15.6 Å². The van der Waals surface area contributed by atoms with E-state index in [4.69, 9.17) is 4.74 Å². The lowest BCUT2D eigenvalue weighted by Gasteiger charge is -2.30. The number of anilines is 1. The Morgan fingerprint density at radius 3 is 2.80 bits per heavy atom. The molecule has 1 aliphatic rings. The second kappa shape index (κ2) is 5.05. The predicted octanol–water partition coefficient (Wildman–Crippen LogP) is 3.41. The number of halogens is 1. The van der Waals surface area contributed by atoms with Crippen molar-refractivity contribution in [3.8, 4) is 5.75 Å². The monoisotopic (exact) mass is 373 g/mol. The molecular formula is C13H12BrNO3S2. The van der Waals surface area contributed by atoms with Gasteiger partial charge in [0.1, 0.15) is 16.6 Å². The summed E-state index contributed by atoms with van der Waals surface area (Å²) in [6, 6.07) is 8.94. The lowest BCUT2D eigenvalue weighted by atomic mass is 10.2. The molecule has 2 heterocycles. The van der Waals surface area contributed by atoms with Gasteiger partial charge >= 0.3 is 0 Å². The van der Waals surface area contributed by atoms with Crippen molar-refractivity contribution >= 4 is 43.0 Å². The van der Waals surface area contributed by atoms with Gasteiger partial charge in [-0.1, -0.05) is 6.07 Å². The third kappa shape index (κ3) is 2.34. The van der Waals surface area contributed by atoms with Crippen molar-refractivity contribution in [2.75, 3.05) is 17.5 Å². The van der Waals surface area contributed by atoms with Gasteiger partial charge in [-0.2, -0.15) is 0 Å². The number of ether oxygens (including phenoxy) is 1. The standard InChI is InChI=1S/C13H12BrNO3S2/c1-9-2-3-11-10(8-9)15(6-7-18-11)20(16,17)13-5-4-12(14)19-13/h2-5,8H,6-7H2,1H3. The maximum Gasteiger partial charge on any atom is 0.274 e. The van der Waals surface area contributed by atoms with Crippen LogP contribution in [0.15, 0.2) is 38.3 Å². The number of aryl methyl sites for hydroxylation is 1. The van der Waals surface area contributed by atoms with Crippen LogP contribution >= 0.6 is 27.3 Å². The number of hydrogen-bond acceptors (Lipinski definition) is 4. The number of benzene rings is 1. The van der Waals surface area contributed by atoms with Gasteiger partial charge in [-0.3, -0.25) is 4.31 Å². The molecule has 0 spiro atoms. The van der Waals surface area contributed by atoms with Crippen LogP contribution in [0.2, 0.25) is 0 Å². The van der Waals surface area contributed by atoms with Gasteiger partial charge < -0.3 is 4.74 Å². The summed E-state index contributed by atoms with van der Waals surface area (Å²) in [4.78, 5) is 0. The molecule has 3 rings (SSSR count). The van der Waals surface area contributed by atoms with Gasteiger partial charge in [0.25, 0.3) is 10.0 Å². The van der Waals surface area contributed by atoms with Gasteiger partial charge in [0.2, 0.25) is 0 Å². The first-order valence-electron chi connectivity index (χ1n) is 6.00. The highest BCUT2D eigenvalue weighted by Gasteiger charge is 2.31. The number of thiophene rings is 1. The van der Waals surface area contributed by atoms with Crippen molar-refractivity contribution in [2.45, 2.75) is 11.1 Å². The smallest absolute Gasteiger partial charge is 0.274 e. The second-order valence-electron chi connectivity index (χ2n) is 4.46. The summed E-state index contributed by atoms with van der Waals surface area (Å²) >= 11 is 4.52. The minimum absolute atomic E-state index is 0.328. The van der Waals surface area contributed by atoms with Crippen molar-refractivity contribution in [3.05, 3.63) is 39.7 Å². The van der Waals surface area contributed by atoms with Gasteiger partial charge in [-0.15, -0.1) is 11.3 Å². The fourth-order valence-corrected chi connectivity index (χ4v) is 5.67. The fourth-order valence-electron chi connectivity index (χ4n) is 2.10. The van der Waals surface area contributed by atoms with Gasteiger partial charge in [0.15, 0.2) is 0 Å². The first-order chi connectivity index (χ1) is 9.48. The predicted molar refractivity (Wildman–Crippen MR) is 83.2 cm³/mol. The summed E-state index contributed by atoms with van der Waals surface area (Å²) in [5.74, 6) is 0.612. The molecule has 0 bridgehead atoms. The average Bonchev–Trinajstić information content (AvgIpc) is 2.85. The average molecular weight is 374 g/mol. The van der Waals surface area contributed by atoms with E-state index in [0.29, 0.717) is 28.8 Å². The molecule has 0 saturated carbocycles. The van der Waals surface area contributed by atoms with Crippen LogP contribution in [0.25, 0.3) is 0 Å². The Hall–Kier alpha value is -1.05. The molecule has 1 aromatic heterocycles. The summed E-state index contributed by atoms with van der Waals surface area (Å²) in [7, 11) is -3.53. The van der Waals surface area contributed by atoms with Gasteiger partial charge in [0, 0.05) is 0 Å². The Kier molecular flexibility index (Phi) is 3.51. The van der Waals surface area contributed by atoms with Crippen LogP contribution < -0.4 is 9.04 Å². The second-order valence-corrected chi connectivity index (χ2v) is 9.01. The molecule has 0 fully saturated rings. The molecule has 106 valence electrons. The number of rotatable bonds is 2. The third-order valence-electron chi connectivity index (χ3n) is 3.03. The number of hydrogen-bond donors (Lipinski definition) is 0. The molecule has 0 amide bonds. The van der Waals surface area contributed by atoms with Crippen LogP contribution in [0.5, 0.6) is 5.75 Å². The zero-order chi connectivity index (χ0) is 14.3. The zero-order valence-electron chi connectivity index (χ0n) is 10.7. The SMILES string of the molecule is Cc1ccc2c(c1)N(S(=O)(=O)c1ccc(Br)s1)CCO2. The van der Waals surface area contributed by atoms with E-state index in [1.54, 1.807) is 12.1 Å². The van der Waals surface area contributed by atoms with Crippen molar-refractivity contribution in [1.29, 1.82) is 0 Å². The van der Waals surface area contributed by atoms with Crippen LogP contribution in [0.4, 0.5) is 5.69 Å². The summed E-state index contributed by atoms with van der Waals surface area (Å²) in [6.45, 7) is 2.62. The molecule has 0 radical (unpaired) electrons. The van der Waals surface area contributed by atoms with Crippen molar-refractivity contribution < 1.29 is 13.2 Å². The number of fused-ring (bicyclic) bond motifs is 1. The van der Waals surface area contributed by atoms with Crippen molar-refractivity contribution in [3.63, 3.8) is 0 Å². The molecule has 0 unspecified atom stereocenters. The van der Waals surface area contributed by atoms with Gasteiger partial charge in [0.05, 0.1) is 16.0 Å². The van der Waals surface area contributed by atoms with E-state index in [0.717, 1.165) is 9.35 Å². The summed E-state index contributed by atoms with van der Waals surface area (Å²) in [5.41, 5.74) is 1.61. The quantitative estimate of drug-likeness (QED) is 0.810. The minimum Gasteiger partial charge on any atom is -0.489 e. The topological polar surface area (TPSA) is 46.6 Å². The molecule has 0 aliphatic carbocycles. The van der Waals surface area contributed by atoms with E-state index in [9.17, 15) is 8.42 Å². The highest BCUT2D eigenvalue weighted by Crippen LogP contribution is 2.37. The molecule has 2 aromatic rings. The van der Waals surface area contributed by atoms with E-state index in [2.05, 4.69) is 15.9 Å². The van der Waals surface area contributed by atoms with Crippen LogP contribution in [0.1, 0.15) is 5.56 Å². The molecule has 0 N–H and O–H groups in total. The maximum atomic E-state index is 12.7. The molecule has 0 atom stereocenters. The number of nitrogens with zero attached hydrogens (tertiary/aromatic N) is 1. The number of sulfonamides is 1. The lowest BCUT2D eigenvalue weighted by Crippen LogP contribution is -2.37. The Morgan fingerprint density at radius 2 is 2.10 bits per heavy atom. The molecule has 1 aromatic carbocycles. The zero-order valence-corrected chi connectivity index (χ0v) is 13.9. The molecular weight excluding hydrogens is 362 g/mol. The summed E-state index contributed by atoms with van der Waals surface area (Å²) in [6.07, 6.45) is 0. The Bertz CT molecular complexity index is 755. The first-order valence-corrected chi connectivity index (χ1v) is 9.05. The maximum absolute atomic E-state index is 12.7. The summed E-state index contributed by atoms with van der Waals surface area (Å²) in [5, 5.41) is 0. The summed E-state index contributed by atoms with van der Waals surface area (Å²) < 4.78 is 33.6. The van der Waals surface area contributed by atoms with E-state index in [1.807, 2.05) is 25.1 Å². The largest absolute Gasteiger partial charge is 0.489 e. The highest BCUT2D eigenvalue weighted by molar-refractivity contribution is 9.11. The molecule has 0 saturated heterocycles. The molecule has 20 heavy (non-hydrogen) atoms. The van der Waals surface area contributed by atoms with Crippen LogP contribution in [-0.2, 0) is 10.0 Å². The molecule has 1 aliphatic heterocycles. The Morgan fingerprint density at radius 1 is 1.30 bits per heavy atom.